The zero-order valence-electron chi connectivity index (χ0n) is 10.8. The van der Waals surface area contributed by atoms with Gasteiger partial charge in [-0.25, -0.2) is 9.97 Å². The van der Waals surface area contributed by atoms with E-state index in [1.807, 2.05) is 36.4 Å². The second-order valence-corrected chi connectivity index (χ2v) is 5.21. The number of hydrogen-bond acceptors (Lipinski definition) is 4. The number of rotatable bonds is 3. The van der Waals surface area contributed by atoms with E-state index in [4.69, 9.17) is 0 Å². The summed E-state index contributed by atoms with van der Waals surface area (Å²) in [7, 11) is 0. The van der Waals surface area contributed by atoms with Crippen LogP contribution in [0.2, 0.25) is 0 Å². The first-order valence-electron chi connectivity index (χ1n) is 6.41. The predicted molar refractivity (Wildman–Crippen MR) is 83.8 cm³/mol. The molecule has 0 unspecified atom stereocenters. The Labute approximate surface area is 121 Å². The Kier molecular flexibility index (Phi) is 3.91. The van der Waals surface area contributed by atoms with E-state index >= 15 is 0 Å². The van der Waals surface area contributed by atoms with E-state index in [1.165, 1.54) is 4.70 Å². The normalized spacial score (nSPS) is 10.0. The minimum absolute atomic E-state index is 0.770. The minimum atomic E-state index is 0.770. The number of para-hydroxylation sites is 1. The number of nitrogens with zero attached hydrogens (tertiary/aromatic N) is 2. The molecule has 0 saturated carbocycles. The van der Waals surface area contributed by atoms with Crippen molar-refractivity contribution in [1.82, 2.24) is 9.97 Å². The Morgan fingerprint density at radius 3 is 2.85 bits per heavy atom. The number of aromatic nitrogens is 2. The zero-order valence-corrected chi connectivity index (χ0v) is 11.7. The van der Waals surface area contributed by atoms with Crippen LogP contribution in [0.25, 0.3) is 10.2 Å². The van der Waals surface area contributed by atoms with Crippen LogP contribution in [-0.4, -0.2) is 16.5 Å². The summed E-state index contributed by atoms with van der Waals surface area (Å²) in [6.45, 7) is 0.791. The van der Waals surface area contributed by atoms with Gasteiger partial charge in [-0.05, 0) is 30.2 Å². The molecule has 3 nitrogen and oxygen atoms in total. The first-order chi connectivity index (χ1) is 9.92. The fourth-order valence-corrected chi connectivity index (χ4v) is 2.66. The fourth-order valence-electron chi connectivity index (χ4n) is 1.77. The molecular formula is C16H13N3S. The van der Waals surface area contributed by atoms with Gasteiger partial charge in [0.15, 0.2) is 5.13 Å². The number of hydrogen-bond donors (Lipinski definition) is 1. The van der Waals surface area contributed by atoms with Gasteiger partial charge in [-0.15, -0.1) is 0 Å². The van der Waals surface area contributed by atoms with Crippen LogP contribution >= 0.6 is 11.3 Å². The van der Waals surface area contributed by atoms with Gasteiger partial charge >= 0.3 is 0 Å². The van der Waals surface area contributed by atoms with Crippen molar-refractivity contribution in [3.05, 3.63) is 54.4 Å². The maximum absolute atomic E-state index is 4.52. The summed E-state index contributed by atoms with van der Waals surface area (Å²) in [6.07, 6.45) is 2.52. The molecule has 2 heterocycles. The Morgan fingerprint density at radius 1 is 1.10 bits per heavy atom. The van der Waals surface area contributed by atoms with Gasteiger partial charge in [0.25, 0.3) is 0 Å². The third-order valence-electron chi connectivity index (χ3n) is 2.70. The number of pyridine rings is 1. The smallest absolute Gasteiger partial charge is 0.183 e. The van der Waals surface area contributed by atoms with Gasteiger partial charge in [0.2, 0.25) is 0 Å². The second kappa shape index (κ2) is 6.18. The first-order valence-corrected chi connectivity index (χ1v) is 7.23. The molecule has 0 aliphatic rings. The number of nitrogens with one attached hydrogen (secondary N) is 1. The van der Waals surface area contributed by atoms with Crippen LogP contribution < -0.4 is 5.32 Å². The van der Waals surface area contributed by atoms with E-state index in [0.717, 1.165) is 29.3 Å². The topological polar surface area (TPSA) is 37.8 Å². The third kappa shape index (κ3) is 3.14. The van der Waals surface area contributed by atoms with Crippen LogP contribution in [0.1, 0.15) is 12.1 Å². The highest BCUT2D eigenvalue weighted by molar-refractivity contribution is 7.22. The van der Waals surface area contributed by atoms with Gasteiger partial charge < -0.3 is 5.32 Å². The summed E-state index contributed by atoms with van der Waals surface area (Å²) in [5.74, 6) is 6.15. The molecule has 98 valence electrons. The average Bonchev–Trinajstić information content (AvgIpc) is 2.90. The lowest BCUT2D eigenvalue weighted by atomic mass is 10.3. The Bertz CT molecular complexity index is 720. The van der Waals surface area contributed by atoms with Crippen molar-refractivity contribution in [2.24, 2.45) is 0 Å². The van der Waals surface area contributed by atoms with Crippen LogP contribution in [0.15, 0.2) is 48.7 Å². The summed E-state index contributed by atoms with van der Waals surface area (Å²) in [4.78, 5) is 8.67. The Hall–Kier alpha value is -2.38. The minimum Gasteiger partial charge on any atom is -0.361 e. The monoisotopic (exact) mass is 279 g/mol. The van der Waals surface area contributed by atoms with Gasteiger partial charge in [-0.3, -0.25) is 0 Å². The fraction of sp³-hybridized carbons (Fsp3) is 0.125. The molecule has 20 heavy (non-hydrogen) atoms. The molecule has 3 rings (SSSR count). The van der Waals surface area contributed by atoms with Crippen LogP contribution in [0, 0.1) is 11.8 Å². The number of benzene rings is 1. The lowest BCUT2D eigenvalue weighted by molar-refractivity contribution is 1.09. The van der Waals surface area contributed by atoms with E-state index in [1.54, 1.807) is 17.5 Å². The molecule has 2 aromatic heterocycles. The molecule has 1 N–H and O–H groups in total. The highest BCUT2D eigenvalue weighted by atomic mass is 32.1. The standard InChI is InChI=1S/C16H13N3S/c1-2-10-15-14(9-1)19-16(20-15)18-12-6-4-8-13-7-3-5-11-17-13/h1-3,5,7,9-11H,6,12H2,(H,18,19). The molecule has 1 aromatic carbocycles. The maximum atomic E-state index is 4.52. The Morgan fingerprint density at radius 2 is 2.00 bits per heavy atom. The van der Waals surface area contributed by atoms with Crippen molar-refractivity contribution in [2.45, 2.75) is 6.42 Å². The lowest BCUT2D eigenvalue weighted by Gasteiger charge is -1.96. The van der Waals surface area contributed by atoms with Crippen molar-refractivity contribution in [3.8, 4) is 11.8 Å². The molecule has 0 bridgehead atoms. The van der Waals surface area contributed by atoms with E-state index < -0.39 is 0 Å². The van der Waals surface area contributed by atoms with E-state index in [2.05, 4.69) is 33.2 Å². The molecule has 4 heteroatoms. The molecule has 0 aliphatic heterocycles. The molecular weight excluding hydrogens is 266 g/mol. The molecule has 0 fully saturated rings. The maximum Gasteiger partial charge on any atom is 0.183 e. The summed E-state index contributed by atoms with van der Waals surface area (Å²) in [5.41, 5.74) is 1.85. The third-order valence-corrected chi connectivity index (χ3v) is 3.70. The number of thiazole rings is 1. The highest BCUT2D eigenvalue weighted by Crippen LogP contribution is 2.25. The van der Waals surface area contributed by atoms with Crippen LogP contribution in [0.5, 0.6) is 0 Å². The van der Waals surface area contributed by atoms with Gasteiger partial charge in [-0.2, -0.15) is 0 Å². The molecule has 0 spiro atoms. The predicted octanol–water partition coefficient (Wildman–Crippen LogP) is 3.55. The van der Waals surface area contributed by atoms with Crippen molar-refractivity contribution < 1.29 is 0 Å². The first kappa shape index (κ1) is 12.6. The van der Waals surface area contributed by atoms with Crippen LogP contribution in [-0.2, 0) is 0 Å². The Balaban J connectivity index is 1.54. The number of fused-ring (bicyclic) bond motifs is 1. The lowest BCUT2D eigenvalue weighted by Crippen LogP contribution is -1.99. The molecule has 0 amide bonds. The van der Waals surface area contributed by atoms with Crippen LogP contribution in [0.3, 0.4) is 0 Å². The summed E-state index contributed by atoms with van der Waals surface area (Å²) < 4.78 is 1.20. The molecule has 0 atom stereocenters. The molecule has 0 saturated heterocycles. The second-order valence-electron chi connectivity index (χ2n) is 4.18. The van der Waals surface area contributed by atoms with E-state index in [9.17, 15) is 0 Å². The van der Waals surface area contributed by atoms with Crippen molar-refractivity contribution in [3.63, 3.8) is 0 Å². The summed E-state index contributed by atoms with van der Waals surface area (Å²) >= 11 is 1.67. The average molecular weight is 279 g/mol. The van der Waals surface area contributed by atoms with Gasteiger partial charge in [0.05, 0.1) is 10.2 Å². The summed E-state index contributed by atoms with van der Waals surface area (Å²) in [6, 6.07) is 13.9. The van der Waals surface area contributed by atoms with E-state index in [-0.39, 0.29) is 0 Å². The van der Waals surface area contributed by atoms with E-state index in [0.29, 0.717) is 0 Å². The molecule has 3 aromatic rings. The van der Waals surface area contributed by atoms with Gasteiger partial charge in [0, 0.05) is 19.2 Å². The number of anilines is 1. The summed E-state index contributed by atoms with van der Waals surface area (Å²) in [5, 5.41) is 4.25. The molecule has 0 aliphatic carbocycles. The highest BCUT2D eigenvalue weighted by Gasteiger charge is 2.00. The quantitative estimate of drug-likeness (QED) is 0.588. The molecule has 0 radical (unpaired) electrons. The SMILES string of the molecule is C(#Cc1ccccn1)CCNc1nc2ccccc2s1. The van der Waals surface area contributed by atoms with Crippen LogP contribution in [0.4, 0.5) is 5.13 Å². The van der Waals surface area contributed by atoms with Gasteiger partial charge in [0.1, 0.15) is 5.69 Å². The van der Waals surface area contributed by atoms with Gasteiger partial charge in [-0.1, -0.05) is 35.5 Å². The van der Waals surface area contributed by atoms with Crippen molar-refractivity contribution in [2.75, 3.05) is 11.9 Å². The van der Waals surface area contributed by atoms with Crippen molar-refractivity contribution in [1.29, 1.82) is 0 Å². The zero-order chi connectivity index (χ0) is 13.6. The van der Waals surface area contributed by atoms with Crippen molar-refractivity contribution >= 4 is 26.7 Å². The largest absolute Gasteiger partial charge is 0.361 e.